The van der Waals surface area contributed by atoms with E-state index >= 15 is 0 Å². The van der Waals surface area contributed by atoms with Gasteiger partial charge in [0, 0.05) is 11.5 Å². The Morgan fingerprint density at radius 1 is 1.13 bits per heavy atom. The van der Waals surface area contributed by atoms with Gasteiger partial charge in [-0.05, 0) is 32.0 Å². The van der Waals surface area contributed by atoms with Crippen molar-refractivity contribution in [3.05, 3.63) is 46.5 Å². The summed E-state index contributed by atoms with van der Waals surface area (Å²) >= 11 is 5.59. The molecule has 3 rings (SSSR count). The van der Waals surface area contributed by atoms with Gasteiger partial charge in [0.05, 0.1) is 28.7 Å². The maximum Gasteiger partial charge on any atom is 0.339 e. The summed E-state index contributed by atoms with van der Waals surface area (Å²) in [5, 5.41) is 1.38. The lowest BCUT2D eigenvalue weighted by Gasteiger charge is -2.11. The van der Waals surface area contributed by atoms with Crippen molar-refractivity contribution in [2.75, 3.05) is 13.2 Å². The van der Waals surface area contributed by atoms with Gasteiger partial charge in [0.1, 0.15) is 16.9 Å². The maximum absolute atomic E-state index is 12.3. The summed E-state index contributed by atoms with van der Waals surface area (Å²) in [6.07, 6.45) is 0. The third-order valence-corrected chi connectivity index (χ3v) is 3.88. The number of fused-ring (bicyclic) bond motifs is 2. The molecule has 0 spiro atoms. The third-order valence-electron chi connectivity index (χ3n) is 3.46. The molecule has 3 aromatic rings. The van der Waals surface area contributed by atoms with Crippen LogP contribution in [0.1, 0.15) is 24.2 Å². The van der Waals surface area contributed by atoms with Crippen LogP contribution in [-0.4, -0.2) is 19.2 Å². The van der Waals surface area contributed by atoms with Crippen molar-refractivity contribution in [3.63, 3.8) is 0 Å². The molecule has 23 heavy (non-hydrogen) atoms. The number of hydrogen-bond donors (Lipinski definition) is 0. The molecule has 118 valence electrons. The van der Waals surface area contributed by atoms with Gasteiger partial charge >= 0.3 is 5.97 Å². The summed E-state index contributed by atoms with van der Waals surface area (Å²) in [6, 6.07) is 10.9. The second-order valence-electron chi connectivity index (χ2n) is 4.92. The zero-order valence-corrected chi connectivity index (χ0v) is 13.7. The summed E-state index contributed by atoms with van der Waals surface area (Å²) in [7, 11) is 0. The maximum atomic E-state index is 12.3. The highest BCUT2D eigenvalue weighted by atomic mass is 32.1. The molecule has 1 heterocycles. The lowest BCUT2D eigenvalue weighted by Crippen LogP contribution is -2.06. The van der Waals surface area contributed by atoms with E-state index < -0.39 is 5.97 Å². The largest absolute Gasteiger partial charge is 0.494 e. The van der Waals surface area contributed by atoms with Crippen LogP contribution in [0.15, 0.2) is 40.8 Å². The van der Waals surface area contributed by atoms with Crippen molar-refractivity contribution in [1.29, 1.82) is 0 Å². The highest BCUT2D eigenvalue weighted by molar-refractivity contribution is 7.72. The van der Waals surface area contributed by atoms with Gasteiger partial charge in [0.25, 0.3) is 0 Å². The highest BCUT2D eigenvalue weighted by Gasteiger charge is 2.17. The topological polar surface area (TPSA) is 48.7 Å². The van der Waals surface area contributed by atoms with Crippen LogP contribution in [0.4, 0.5) is 0 Å². The summed E-state index contributed by atoms with van der Waals surface area (Å²) in [4.78, 5) is 12.3. The molecule has 0 unspecified atom stereocenters. The molecule has 0 N–H and O–H groups in total. The minimum absolute atomic E-state index is 0.288. The standard InChI is InChI=1S/C18H16O4S/c1-3-20-11-9-13(18(19)21-4-2)16-15(10-11)22-14-8-6-5-7-12(14)17(16)23/h5-10H,3-4H2,1-2H3. The van der Waals surface area contributed by atoms with Gasteiger partial charge in [-0.25, -0.2) is 4.79 Å². The normalized spacial score (nSPS) is 10.9. The van der Waals surface area contributed by atoms with Gasteiger partial charge in [-0.15, -0.1) is 0 Å². The summed E-state index contributed by atoms with van der Waals surface area (Å²) in [5.41, 5.74) is 1.56. The van der Waals surface area contributed by atoms with Crippen LogP contribution in [0, 0.1) is 4.51 Å². The van der Waals surface area contributed by atoms with E-state index in [0.717, 1.165) is 5.39 Å². The SMILES string of the molecule is CCOC(=O)c1cc(OCC)cc2oc3ccccc3c(=S)c12. The predicted molar refractivity (Wildman–Crippen MR) is 91.7 cm³/mol. The number of ether oxygens (including phenoxy) is 2. The fraction of sp³-hybridized carbons (Fsp3) is 0.222. The number of carbonyl (C=O) groups is 1. The fourth-order valence-corrected chi connectivity index (χ4v) is 2.90. The second-order valence-corrected chi connectivity index (χ2v) is 5.33. The van der Waals surface area contributed by atoms with E-state index in [9.17, 15) is 4.79 Å². The van der Waals surface area contributed by atoms with E-state index in [1.807, 2.05) is 31.2 Å². The molecule has 0 fully saturated rings. The fourth-order valence-electron chi connectivity index (χ4n) is 2.52. The van der Waals surface area contributed by atoms with Crippen LogP contribution in [-0.2, 0) is 4.74 Å². The van der Waals surface area contributed by atoms with Crippen LogP contribution in [0.5, 0.6) is 5.75 Å². The Balaban J connectivity index is 2.40. The van der Waals surface area contributed by atoms with Gasteiger partial charge in [-0.3, -0.25) is 0 Å². The third kappa shape index (κ3) is 2.80. The van der Waals surface area contributed by atoms with Crippen LogP contribution < -0.4 is 4.74 Å². The first-order chi connectivity index (χ1) is 11.2. The number of para-hydroxylation sites is 1. The Bertz CT molecular complexity index is 943. The molecule has 2 aromatic carbocycles. The Morgan fingerprint density at radius 3 is 2.65 bits per heavy atom. The number of carbonyl (C=O) groups excluding carboxylic acids is 1. The number of hydrogen-bond acceptors (Lipinski definition) is 5. The first-order valence-corrected chi connectivity index (χ1v) is 7.86. The highest BCUT2D eigenvalue weighted by Crippen LogP contribution is 2.32. The lowest BCUT2D eigenvalue weighted by molar-refractivity contribution is 0.0528. The molecular weight excluding hydrogens is 312 g/mol. The molecule has 0 saturated heterocycles. The zero-order valence-electron chi connectivity index (χ0n) is 12.9. The van der Waals surface area contributed by atoms with Crippen LogP contribution >= 0.6 is 12.2 Å². The first kappa shape index (κ1) is 15.5. The van der Waals surface area contributed by atoms with E-state index in [0.29, 0.717) is 39.0 Å². The van der Waals surface area contributed by atoms with Gasteiger partial charge in [-0.2, -0.15) is 0 Å². The van der Waals surface area contributed by atoms with Crippen molar-refractivity contribution in [2.24, 2.45) is 0 Å². The molecule has 0 aliphatic carbocycles. The van der Waals surface area contributed by atoms with Gasteiger partial charge in [-0.1, -0.05) is 24.4 Å². The summed E-state index contributed by atoms with van der Waals surface area (Å²) in [5.74, 6) is 0.118. The number of benzene rings is 2. The Kier molecular flexibility index (Phi) is 4.30. The monoisotopic (exact) mass is 328 g/mol. The molecule has 0 bridgehead atoms. The molecule has 1 aromatic heterocycles. The first-order valence-electron chi connectivity index (χ1n) is 7.45. The Morgan fingerprint density at radius 2 is 1.91 bits per heavy atom. The average molecular weight is 328 g/mol. The molecule has 4 nitrogen and oxygen atoms in total. The lowest BCUT2D eigenvalue weighted by atomic mass is 10.1. The predicted octanol–water partition coefficient (Wildman–Crippen LogP) is 4.89. The van der Waals surface area contributed by atoms with Crippen LogP contribution in [0.2, 0.25) is 0 Å². The van der Waals surface area contributed by atoms with Crippen molar-refractivity contribution in [3.8, 4) is 5.75 Å². The van der Waals surface area contributed by atoms with Crippen molar-refractivity contribution < 1.29 is 18.7 Å². The van der Waals surface area contributed by atoms with Crippen molar-refractivity contribution in [2.45, 2.75) is 13.8 Å². The number of rotatable bonds is 4. The molecule has 0 atom stereocenters. The zero-order chi connectivity index (χ0) is 16.4. The number of esters is 1. The molecular formula is C18H16O4S. The van der Waals surface area contributed by atoms with E-state index in [-0.39, 0.29) is 6.61 Å². The van der Waals surface area contributed by atoms with Crippen molar-refractivity contribution >= 4 is 40.1 Å². The minimum atomic E-state index is -0.435. The molecule has 0 aliphatic heterocycles. The Hall–Kier alpha value is -2.40. The second kappa shape index (κ2) is 6.38. The molecule has 5 heteroatoms. The van der Waals surface area contributed by atoms with Gasteiger partial charge < -0.3 is 13.9 Å². The van der Waals surface area contributed by atoms with Crippen LogP contribution in [0.3, 0.4) is 0 Å². The minimum Gasteiger partial charge on any atom is -0.494 e. The smallest absolute Gasteiger partial charge is 0.339 e. The summed E-state index contributed by atoms with van der Waals surface area (Å²) in [6.45, 7) is 4.42. The van der Waals surface area contributed by atoms with Gasteiger partial charge in [0.2, 0.25) is 0 Å². The van der Waals surface area contributed by atoms with Crippen LogP contribution in [0.25, 0.3) is 21.9 Å². The van der Waals surface area contributed by atoms with E-state index in [1.54, 1.807) is 19.1 Å². The van der Waals surface area contributed by atoms with E-state index in [2.05, 4.69) is 0 Å². The molecule has 0 saturated carbocycles. The average Bonchev–Trinajstić information content (AvgIpc) is 2.55. The summed E-state index contributed by atoms with van der Waals surface area (Å²) < 4.78 is 17.2. The van der Waals surface area contributed by atoms with Gasteiger partial charge in [0.15, 0.2) is 0 Å². The quantitative estimate of drug-likeness (QED) is 0.388. The molecule has 0 aliphatic rings. The van der Waals surface area contributed by atoms with E-state index in [4.69, 9.17) is 26.1 Å². The Labute approximate surface area is 138 Å². The van der Waals surface area contributed by atoms with E-state index in [1.165, 1.54) is 0 Å². The van der Waals surface area contributed by atoms with Crippen molar-refractivity contribution in [1.82, 2.24) is 0 Å². The molecule has 0 radical (unpaired) electrons. The molecule has 0 amide bonds.